The first-order valence-electron chi connectivity index (χ1n) is 6.52. The van der Waals surface area contributed by atoms with E-state index in [-0.39, 0.29) is 12.1 Å². The third-order valence-electron chi connectivity index (χ3n) is 3.49. The number of carbonyl (C=O) groups is 2. The zero-order valence-corrected chi connectivity index (χ0v) is 11.1. The van der Waals surface area contributed by atoms with Crippen LogP contribution in [-0.4, -0.2) is 34.5 Å². The summed E-state index contributed by atoms with van der Waals surface area (Å²) >= 11 is 0. The van der Waals surface area contributed by atoms with Crippen LogP contribution < -0.4 is 0 Å². The molecule has 0 radical (unpaired) electrons. The Balaban J connectivity index is 2.28. The van der Waals surface area contributed by atoms with Gasteiger partial charge in [0, 0.05) is 12.1 Å². The maximum atomic E-state index is 12.7. The fraction of sp³-hybridized carbons (Fsp3) is 0.429. The van der Waals surface area contributed by atoms with Crippen molar-refractivity contribution in [3.05, 3.63) is 35.4 Å². The Labute approximate surface area is 119 Å². The lowest BCUT2D eigenvalue weighted by Gasteiger charge is -2.33. The molecule has 0 spiro atoms. The number of rotatable bonds is 2. The van der Waals surface area contributed by atoms with Gasteiger partial charge in [-0.3, -0.25) is 4.79 Å². The molecule has 1 aromatic carbocycles. The zero-order valence-electron chi connectivity index (χ0n) is 11.1. The van der Waals surface area contributed by atoms with Crippen LogP contribution in [0.2, 0.25) is 0 Å². The first-order chi connectivity index (χ1) is 9.80. The molecule has 1 saturated heterocycles. The summed E-state index contributed by atoms with van der Waals surface area (Å²) in [5.41, 5.74) is -1.06. The van der Waals surface area contributed by atoms with Gasteiger partial charge in [-0.1, -0.05) is 6.07 Å². The first kappa shape index (κ1) is 15.3. The van der Waals surface area contributed by atoms with Gasteiger partial charge in [-0.05, 0) is 37.5 Å². The summed E-state index contributed by atoms with van der Waals surface area (Å²) in [7, 11) is 0. The number of halogens is 3. The number of amides is 1. The molecule has 21 heavy (non-hydrogen) atoms. The summed E-state index contributed by atoms with van der Waals surface area (Å²) < 4.78 is 38.0. The number of aliphatic carboxylic acids is 1. The minimum absolute atomic E-state index is 0.141. The quantitative estimate of drug-likeness (QED) is 0.914. The van der Waals surface area contributed by atoms with E-state index in [0.29, 0.717) is 19.3 Å². The highest BCUT2D eigenvalue weighted by Crippen LogP contribution is 2.30. The highest BCUT2D eigenvalue weighted by Gasteiger charge is 2.34. The van der Waals surface area contributed by atoms with Gasteiger partial charge in [0.2, 0.25) is 0 Å². The van der Waals surface area contributed by atoms with E-state index in [1.807, 2.05) is 0 Å². The van der Waals surface area contributed by atoms with Crippen LogP contribution in [0.4, 0.5) is 13.2 Å². The standard InChI is InChI=1S/C14H14F3NO3/c15-14(16,17)10-5-3-4-9(8-10)12(19)18-7-2-1-6-11(18)13(20)21/h3-5,8,11H,1-2,6-7H2,(H,20,21)/t11-/m1/s1. The number of benzene rings is 1. The Bertz CT molecular complexity index is 557. The topological polar surface area (TPSA) is 57.6 Å². The Morgan fingerprint density at radius 1 is 1.24 bits per heavy atom. The number of alkyl halides is 3. The summed E-state index contributed by atoms with van der Waals surface area (Å²) in [5.74, 6) is -1.80. The second-order valence-electron chi connectivity index (χ2n) is 4.93. The number of carboxylic acids is 1. The molecule has 0 saturated carbocycles. The number of carboxylic acid groups (broad SMARTS) is 1. The van der Waals surface area contributed by atoms with E-state index in [0.717, 1.165) is 23.1 Å². The highest BCUT2D eigenvalue weighted by molar-refractivity contribution is 5.96. The Morgan fingerprint density at radius 2 is 1.95 bits per heavy atom. The molecule has 0 aromatic heterocycles. The predicted molar refractivity (Wildman–Crippen MR) is 67.8 cm³/mol. The summed E-state index contributed by atoms with van der Waals surface area (Å²) in [5, 5.41) is 9.11. The lowest BCUT2D eigenvalue weighted by Crippen LogP contribution is -2.48. The molecule has 7 heteroatoms. The normalized spacial score (nSPS) is 19.4. The van der Waals surface area contributed by atoms with Crippen molar-refractivity contribution in [2.45, 2.75) is 31.5 Å². The van der Waals surface area contributed by atoms with E-state index in [1.165, 1.54) is 6.07 Å². The summed E-state index contributed by atoms with van der Waals surface area (Å²) in [6.45, 7) is 0.242. The number of carbonyl (C=O) groups excluding carboxylic acids is 1. The fourth-order valence-corrected chi connectivity index (χ4v) is 2.43. The van der Waals surface area contributed by atoms with Gasteiger partial charge in [-0.25, -0.2) is 4.79 Å². The second kappa shape index (κ2) is 5.75. The lowest BCUT2D eigenvalue weighted by molar-refractivity contribution is -0.143. The largest absolute Gasteiger partial charge is 0.480 e. The van der Waals surface area contributed by atoms with Crippen molar-refractivity contribution < 1.29 is 27.9 Å². The van der Waals surface area contributed by atoms with Gasteiger partial charge in [0.25, 0.3) is 5.91 Å². The molecular weight excluding hydrogens is 287 g/mol. The van der Waals surface area contributed by atoms with Crippen molar-refractivity contribution >= 4 is 11.9 Å². The molecule has 1 aliphatic heterocycles. The predicted octanol–water partition coefficient (Wildman–Crippen LogP) is 2.78. The van der Waals surface area contributed by atoms with E-state index >= 15 is 0 Å². The molecule has 4 nitrogen and oxygen atoms in total. The van der Waals surface area contributed by atoms with Crippen LogP contribution in [0.25, 0.3) is 0 Å². The van der Waals surface area contributed by atoms with E-state index in [2.05, 4.69) is 0 Å². The van der Waals surface area contributed by atoms with Crippen LogP contribution in [0.5, 0.6) is 0 Å². The van der Waals surface area contributed by atoms with E-state index < -0.39 is 29.7 Å². The van der Waals surface area contributed by atoms with Crippen molar-refractivity contribution in [2.75, 3.05) is 6.54 Å². The first-order valence-corrected chi connectivity index (χ1v) is 6.52. The molecule has 1 N–H and O–H groups in total. The second-order valence-corrected chi connectivity index (χ2v) is 4.93. The summed E-state index contributed by atoms with van der Waals surface area (Å²) in [4.78, 5) is 24.6. The summed E-state index contributed by atoms with van der Waals surface area (Å²) in [6.07, 6.45) is -2.89. The van der Waals surface area contributed by atoms with Crippen LogP contribution in [0.1, 0.15) is 35.2 Å². The van der Waals surface area contributed by atoms with Crippen LogP contribution in [0.15, 0.2) is 24.3 Å². The highest BCUT2D eigenvalue weighted by atomic mass is 19.4. The van der Waals surface area contributed by atoms with Gasteiger partial charge >= 0.3 is 12.1 Å². The van der Waals surface area contributed by atoms with Gasteiger partial charge < -0.3 is 10.0 Å². The number of nitrogens with zero attached hydrogens (tertiary/aromatic N) is 1. The molecule has 0 unspecified atom stereocenters. The molecule has 114 valence electrons. The minimum atomic E-state index is -4.54. The van der Waals surface area contributed by atoms with Gasteiger partial charge in [-0.2, -0.15) is 13.2 Å². The van der Waals surface area contributed by atoms with E-state index in [4.69, 9.17) is 5.11 Å². The van der Waals surface area contributed by atoms with Gasteiger partial charge in [0.15, 0.2) is 0 Å². The van der Waals surface area contributed by atoms with Crippen LogP contribution in [0.3, 0.4) is 0 Å². The average molecular weight is 301 g/mol. The minimum Gasteiger partial charge on any atom is -0.480 e. The zero-order chi connectivity index (χ0) is 15.6. The maximum absolute atomic E-state index is 12.7. The molecule has 1 atom stereocenters. The van der Waals surface area contributed by atoms with Crippen molar-refractivity contribution in [2.24, 2.45) is 0 Å². The van der Waals surface area contributed by atoms with E-state index in [1.54, 1.807) is 0 Å². The summed E-state index contributed by atoms with van der Waals surface area (Å²) in [6, 6.07) is 3.08. The van der Waals surface area contributed by atoms with Crippen LogP contribution >= 0.6 is 0 Å². The number of hydrogen-bond acceptors (Lipinski definition) is 2. The Morgan fingerprint density at radius 3 is 2.57 bits per heavy atom. The third kappa shape index (κ3) is 3.34. The third-order valence-corrected chi connectivity index (χ3v) is 3.49. The molecule has 2 rings (SSSR count). The Hall–Kier alpha value is -2.05. The average Bonchev–Trinajstić information content (AvgIpc) is 2.45. The Kier molecular flexibility index (Phi) is 4.20. The molecule has 1 fully saturated rings. The molecular formula is C14H14F3NO3. The molecule has 1 aliphatic rings. The van der Waals surface area contributed by atoms with Gasteiger partial charge in [-0.15, -0.1) is 0 Å². The molecule has 1 aromatic rings. The molecule has 1 heterocycles. The van der Waals surface area contributed by atoms with Crippen LogP contribution in [-0.2, 0) is 11.0 Å². The monoisotopic (exact) mass is 301 g/mol. The van der Waals surface area contributed by atoms with Gasteiger partial charge in [0.05, 0.1) is 5.56 Å². The number of hydrogen-bond donors (Lipinski definition) is 1. The SMILES string of the molecule is O=C(O)[C@H]1CCCCN1C(=O)c1cccc(C(F)(F)F)c1. The van der Waals surface area contributed by atoms with Crippen molar-refractivity contribution in [3.63, 3.8) is 0 Å². The van der Waals surface area contributed by atoms with E-state index in [9.17, 15) is 22.8 Å². The van der Waals surface area contributed by atoms with Crippen LogP contribution in [0, 0.1) is 0 Å². The maximum Gasteiger partial charge on any atom is 0.416 e. The molecule has 0 aliphatic carbocycles. The lowest BCUT2D eigenvalue weighted by atomic mass is 10.0. The van der Waals surface area contributed by atoms with Crippen molar-refractivity contribution in [3.8, 4) is 0 Å². The fourth-order valence-electron chi connectivity index (χ4n) is 2.43. The van der Waals surface area contributed by atoms with Crippen molar-refractivity contribution in [1.29, 1.82) is 0 Å². The molecule has 1 amide bonds. The van der Waals surface area contributed by atoms with Crippen molar-refractivity contribution in [1.82, 2.24) is 4.90 Å². The van der Waals surface area contributed by atoms with Gasteiger partial charge in [0.1, 0.15) is 6.04 Å². The molecule has 0 bridgehead atoms. The smallest absolute Gasteiger partial charge is 0.416 e. The number of likely N-dealkylation sites (tertiary alicyclic amines) is 1. The number of piperidine rings is 1.